The highest BCUT2D eigenvalue weighted by Gasteiger charge is 2.37. The third-order valence-corrected chi connectivity index (χ3v) is 13.6. The second-order valence-corrected chi connectivity index (χ2v) is 20.2. The number of carbonyl (C=O) groups excluding carboxylic acids is 6. The maximum absolute atomic E-state index is 13.6. The summed E-state index contributed by atoms with van der Waals surface area (Å²) in [6, 6.07) is 18.1. The van der Waals surface area contributed by atoms with E-state index in [2.05, 4.69) is 50.4 Å². The molecule has 21 nitrogen and oxygen atoms in total. The Bertz CT molecular complexity index is 2930. The van der Waals surface area contributed by atoms with Crippen LogP contribution in [0.2, 0.25) is 0 Å². The molecule has 2 aromatic heterocycles. The number of nitrogen functional groups attached to an aromatic ring is 1. The number of nitrogens with one attached hydrogen (secondary N) is 4. The fourth-order valence-corrected chi connectivity index (χ4v) is 9.33. The summed E-state index contributed by atoms with van der Waals surface area (Å²) in [5.74, 6) is -2.55. The monoisotopic (exact) mass is 1070 g/mol. The van der Waals surface area contributed by atoms with E-state index in [1.807, 2.05) is 48.5 Å². The van der Waals surface area contributed by atoms with Crippen molar-refractivity contribution in [1.29, 1.82) is 0 Å². The number of aromatic nitrogens is 3. The van der Waals surface area contributed by atoms with E-state index in [0.29, 0.717) is 42.7 Å². The first-order valence-corrected chi connectivity index (χ1v) is 26.2. The molecule has 4 heterocycles. The smallest absolute Gasteiger partial charge is 0.407 e. The van der Waals surface area contributed by atoms with Gasteiger partial charge >= 0.3 is 12.1 Å². The molecule has 76 heavy (non-hydrogen) atoms. The topological polar surface area (TPSA) is 296 Å². The van der Waals surface area contributed by atoms with Gasteiger partial charge in [0.15, 0.2) is 11.9 Å². The SMILES string of the molecule is CCCCc1nc2c(N)nc3ccccc3c2n1Cc1ccc(CNC(=O)OCc2ccc(NC(=O)[C@H](C)NC(=O)C(NC(=O)CCCCCN3C(=O)CC(S)C3=O)C(C)C)c(OC3CC(O)CC(C(=O)O)O3)c2)cc1. The number of benzene rings is 3. The van der Waals surface area contributed by atoms with Crippen molar-refractivity contribution in [2.45, 2.75) is 147 Å². The zero-order valence-corrected chi connectivity index (χ0v) is 44.0. The van der Waals surface area contributed by atoms with E-state index in [0.717, 1.165) is 52.6 Å². The van der Waals surface area contributed by atoms with Crippen LogP contribution in [0.4, 0.5) is 16.3 Å². The number of imidazole rings is 1. The number of carboxylic acids is 1. The van der Waals surface area contributed by atoms with Crippen molar-refractivity contribution in [2.24, 2.45) is 5.92 Å². The Hall–Kier alpha value is -7.30. The van der Waals surface area contributed by atoms with Crippen molar-refractivity contribution in [3.8, 4) is 5.75 Å². The fraction of sp³-hybridized carbons (Fsp3) is 0.463. The molecule has 6 atom stereocenters. The average Bonchev–Trinajstić information content (AvgIpc) is 3.87. The molecule has 0 spiro atoms. The molecule has 0 aliphatic carbocycles. The van der Waals surface area contributed by atoms with Gasteiger partial charge in [0, 0.05) is 57.1 Å². The Balaban J connectivity index is 0.940. The average molecular weight is 1070 g/mol. The van der Waals surface area contributed by atoms with E-state index in [9.17, 15) is 43.8 Å². The number of hydrogen-bond donors (Lipinski definition) is 8. The Kier molecular flexibility index (Phi) is 19.3. The van der Waals surface area contributed by atoms with E-state index in [1.165, 1.54) is 24.0 Å². The van der Waals surface area contributed by atoms with Crippen LogP contribution < -0.4 is 31.7 Å². The van der Waals surface area contributed by atoms with Crippen molar-refractivity contribution in [1.82, 2.24) is 35.4 Å². The lowest BCUT2D eigenvalue weighted by molar-refractivity contribution is -0.195. The van der Waals surface area contributed by atoms with E-state index in [1.54, 1.807) is 19.9 Å². The van der Waals surface area contributed by atoms with E-state index >= 15 is 0 Å². The summed E-state index contributed by atoms with van der Waals surface area (Å²) >= 11 is 4.13. The first kappa shape index (κ1) is 56.4. The molecular weight excluding hydrogens is 999 g/mol. The number of imide groups is 1. The van der Waals surface area contributed by atoms with Crippen molar-refractivity contribution in [2.75, 3.05) is 17.6 Å². The Morgan fingerprint density at radius 1 is 0.908 bits per heavy atom. The highest BCUT2D eigenvalue weighted by atomic mass is 32.1. The van der Waals surface area contributed by atoms with Crippen molar-refractivity contribution >= 4 is 87.7 Å². The van der Waals surface area contributed by atoms with Gasteiger partial charge in [-0.15, -0.1) is 0 Å². The van der Waals surface area contributed by atoms with Crippen LogP contribution in [0, 0.1) is 5.92 Å². The van der Waals surface area contributed by atoms with Gasteiger partial charge < -0.3 is 56.0 Å². The zero-order valence-electron chi connectivity index (χ0n) is 43.1. The highest BCUT2D eigenvalue weighted by Crippen LogP contribution is 2.33. The molecule has 0 radical (unpaired) electrons. The summed E-state index contributed by atoms with van der Waals surface area (Å²) in [6.07, 6.45) is -0.132. The van der Waals surface area contributed by atoms with Crippen molar-refractivity contribution in [3.05, 3.63) is 89.2 Å². The highest BCUT2D eigenvalue weighted by molar-refractivity contribution is 7.81. The second-order valence-electron chi connectivity index (χ2n) is 19.6. The normalized spacial score (nSPS) is 18.4. The minimum atomic E-state index is -1.36. The lowest BCUT2D eigenvalue weighted by Crippen LogP contribution is -2.53. The van der Waals surface area contributed by atoms with Crippen LogP contribution in [-0.2, 0) is 64.4 Å². The quantitative estimate of drug-likeness (QED) is 0.0215. The number of fused-ring (bicyclic) bond motifs is 3. The number of likely N-dealkylation sites (tertiary alicyclic amines) is 1. The summed E-state index contributed by atoms with van der Waals surface area (Å²) in [5, 5.41) is 31.3. The summed E-state index contributed by atoms with van der Waals surface area (Å²) in [6.45, 7) is 7.82. The molecule has 2 fully saturated rings. The van der Waals surface area contributed by atoms with E-state index in [4.69, 9.17) is 24.9 Å². The van der Waals surface area contributed by atoms with Crippen LogP contribution in [0.5, 0.6) is 5.75 Å². The predicted molar refractivity (Wildman–Crippen MR) is 285 cm³/mol. The number of carbonyl (C=O) groups is 7. The molecule has 5 unspecified atom stereocenters. The molecular formula is C54H67N9O12S. The number of aliphatic hydroxyl groups excluding tert-OH is 1. The van der Waals surface area contributed by atoms with Gasteiger partial charge in [0.1, 0.15) is 35.8 Å². The summed E-state index contributed by atoms with van der Waals surface area (Å²) in [7, 11) is 0. The number of hydrogen-bond acceptors (Lipinski definition) is 15. The minimum absolute atomic E-state index is 0.00283. The summed E-state index contributed by atoms with van der Waals surface area (Å²) < 4.78 is 19.4. The van der Waals surface area contributed by atoms with Gasteiger partial charge in [-0.3, -0.25) is 28.9 Å². The second kappa shape index (κ2) is 26.0. The third kappa shape index (κ3) is 14.5. The number of unbranched alkanes of at least 4 members (excludes halogenated alkanes) is 3. The lowest BCUT2D eigenvalue weighted by atomic mass is 10.0. The minimum Gasteiger partial charge on any atom is -0.479 e. The van der Waals surface area contributed by atoms with Crippen LogP contribution in [-0.4, -0.2) is 114 Å². The molecule has 8 N–H and O–H groups in total. The van der Waals surface area contributed by atoms with Gasteiger partial charge in [0.05, 0.1) is 28.1 Å². The number of para-hydroxylation sites is 1. The first-order chi connectivity index (χ1) is 36.4. The molecule has 2 aliphatic rings. The molecule has 6 amide bonds. The van der Waals surface area contributed by atoms with E-state index in [-0.39, 0.29) is 80.5 Å². The molecule has 7 rings (SSSR count). The number of nitrogens with zero attached hydrogens (tertiary/aromatic N) is 4. The van der Waals surface area contributed by atoms with Gasteiger partial charge in [-0.05, 0) is 67.0 Å². The number of amides is 6. The van der Waals surface area contributed by atoms with Gasteiger partial charge in [-0.25, -0.2) is 19.6 Å². The van der Waals surface area contributed by atoms with Crippen molar-refractivity contribution in [3.63, 3.8) is 0 Å². The molecule has 0 bridgehead atoms. The van der Waals surface area contributed by atoms with Gasteiger partial charge in [0.25, 0.3) is 0 Å². The number of anilines is 2. The number of ether oxygens (including phenoxy) is 3. The Morgan fingerprint density at radius 3 is 2.36 bits per heavy atom. The predicted octanol–water partition coefficient (Wildman–Crippen LogP) is 5.52. The number of thiol groups is 1. The number of carboxylic acid groups (broad SMARTS) is 1. The first-order valence-electron chi connectivity index (χ1n) is 25.7. The molecule has 0 saturated carbocycles. The molecule has 406 valence electrons. The number of aryl methyl sites for hydroxylation is 1. The van der Waals surface area contributed by atoms with Crippen LogP contribution >= 0.6 is 12.6 Å². The third-order valence-electron chi connectivity index (χ3n) is 13.2. The summed E-state index contributed by atoms with van der Waals surface area (Å²) in [4.78, 5) is 99.7. The molecule has 5 aromatic rings. The number of pyridine rings is 1. The van der Waals surface area contributed by atoms with Crippen molar-refractivity contribution < 1.29 is 58.0 Å². The number of nitrogens with two attached hydrogens (primary N) is 1. The number of rotatable bonds is 24. The Labute approximate surface area is 445 Å². The lowest BCUT2D eigenvalue weighted by Gasteiger charge is -2.31. The molecule has 2 saturated heterocycles. The number of aliphatic carboxylic acids is 1. The number of aliphatic hydroxyl groups is 1. The number of alkyl carbamates (subject to hydrolysis) is 1. The van der Waals surface area contributed by atoms with Gasteiger partial charge in [-0.2, -0.15) is 12.6 Å². The maximum Gasteiger partial charge on any atom is 0.407 e. The zero-order chi connectivity index (χ0) is 54.6. The molecule has 3 aromatic carbocycles. The van der Waals surface area contributed by atoms with Crippen LogP contribution in [0.25, 0.3) is 21.9 Å². The summed E-state index contributed by atoms with van der Waals surface area (Å²) in [5.41, 5.74) is 11.2. The standard InChI is InChI=1S/C54H67N9O12S/c1-5-6-14-42-60-47-48(36-12-9-10-13-37(36)58-49(47)55)63(42)28-33-18-16-32(17-19-33)27-56-54(72)73-29-34-20-21-38(39(23-34)74-45-25-35(64)24-40(75-45)53(70)71)59-50(67)31(4)57-51(68)46(30(2)3)61-43(65)15-8-7-11-22-62-44(66)26-41(76)52(62)69/h9-10,12-13,16-21,23,30-31,35,40-41,45-46,64,76H,5-8,11,14-15,22,24-29H2,1-4H3,(H2,55,58)(H,56,72)(H,57,68)(H,59,67)(H,61,65)(H,70,71)/t31-,35?,40?,41?,45?,46?/m0/s1. The van der Waals surface area contributed by atoms with Gasteiger partial charge in [-0.1, -0.05) is 82.1 Å². The van der Waals surface area contributed by atoms with E-state index < -0.39 is 59.7 Å². The largest absolute Gasteiger partial charge is 0.479 e. The molecule has 22 heteroatoms. The van der Waals surface area contributed by atoms with Crippen LogP contribution in [0.15, 0.2) is 66.7 Å². The van der Waals surface area contributed by atoms with Crippen LogP contribution in [0.1, 0.15) is 108 Å². The fourth-order valence-electron chi connectivity index (χ4n) is 9.04. The van der Waals surface area contributed by atoms with Crippen LogP contribution in [0.3, 0.4) is 0 Å². The van der Waals surface area contributed by atoms with Gasteiger partial charge in [0.2, 0.25) is 35.8 Å². The Morgan fingerprint density at radius 2 is 1.64 bits per heavy atom. The molecule has 2 aliphatic heterocycles. The maximum atomic E-state index is 13.6.